The highest BCUT2D eigenvalue weighted by molar-refractivity contribution is 7.91. The maximum Gasteiger partial charge on any atom is 0.182 e. The molecule has 7 nitrogen and oxygen atoms in total. The van der Waals surface area contributed by atoms with E-state index in [-0.39, 0.29) is 10.7 Å². The smallest absolute Gasteiger partial charge is 0.182 e. The molecular formula is C17H25N5O2S. The van der Waals surface area contributed by atoms with Crippen LogP contribution in [0.3, 0.4) is 0 Å². The summed E-state index contributed by atoms with van der Waals surface area (Å²) in [6.45, 7) is 2.59. The molecule has 4 N–H and O–H groups in total. The maximum absolute atomic E-state index is 12.3. The highest BCUT2D eigenvalue weighted by Gasteiger charge is 2.30. The average molecular weight is 363 g/mol. The molecule has 25 heavy (non-hydrogen) atoms. The Bertz CT molecular complexity index is 824. The molecule has 1 saturated heterocycles. The SMILES string of the molecule is CS(=O)(=O)c1c(N2CCC(CN)CC2)nn(Cc2ccccc2)c1N. The van der Waals surface area contributed by atoms with Crippen molar-refractivity contribution in [1.29, 1.82) is 0 Å². The first-order valence-electron chi connectivity index (χ1n) is 8.45. The number of benzene rings is 1. The molecule has 0 bridgehead atoms. The van der Waals surface area contributed by atoms with Gasteiger partial charge in [0.05, 0.1) is 6.54 Å². The minimum Gasteiger partial charge on any atom is -0.383 e. The van der Waals surface area contributed by atoms with E-state index in [1.807, 2.05) is 35.2 Å². The molecule has 0 aliphatic carbocycles. The summed E-state index contributed by atoms with van der Waals surface area (Å²) in [4.78, 5) is 2.15. The van der Waals surface area contributed by atoms with E-state index in [1.54, 1.807) is 4.68 Å². The number of anilines is 2. The van der Waals surface area contributed by atoms with Gasteiger partial charge in [-0.15, -0.1) is 0 Å². The second-order valence-corrected chi connectivity index (χ2v) is 8.57. The summed E-state index contributed by atoms with van der Waals surface area (Å²) in [6, 6.07) is 9.74. The number of sulfone groups is 1. The topological polar surface area (TPSA) is 107 Å². The molecule has 2 heterocycles. The van der Waals surface area contributed by atoms with Crippen LogP contribution in [0.2, 0.25) is 0 Å². The van der Waals surface area contributed by atoms with Crippen LogP contribution in [-0.4, -0.2) is 44.1 Å². The number of rotatable bonds is 5. The van der Waals surface area contributed by atoms with Gasteiger partial charge in [-0.1, -0.05) is 30.3 Å². The van der Waals surface area contributed by atoms with Crippen molar-refractivity contribution in [3.8, 4) is 0 Å². The maximum atomic E-state index is 12.3. The molecule has 3 rings (SSSR count). The van der Waals surface area contributed by atoms with Gasteiger partial charge < -0.3 is 16.4 Å². The molecule has 0 radical (unpaired) electrons. The van der Waals surface area contributed by atoms with Crippen LogP contribution < -0.4 is 16.4 Å². The van der Waals surface area contributed by atoms with Crippen molar-refractivity contribution < 1.29 is 8.42 Å². The molecule has 1 aliphatic rings. The number of piperidine rings is 1. The van der Waals surface area contributed by atoms with Crippen molar-refractivity contribution in [2.24, 2.45) is 11.7 Å². The van der Waals surface area contributed by atoms with Gasteiger partial charge >= 0.3 is 0 Å². The summed E-state index contributed by atoms with van der Waals surface area (Å²) < 4.78 is 26.2. The van der Waals surface area contributed by atoms with E-state index in [0.717, 1.165) is 31.5 Å². The van der Waals surface area contributed by atoms with Gasteiger partial charge in [-0.05, 0) is 30.9 Å². The molecule has 0 saturated carbocycles. The molecule has 0 spiro atoms. The number of nitrogens with zero attached hydrogens (tertiary/aromatic N) is 3. The molecular weight excluding hydrogens is 338 g/mol. The van der Waals surface area contributed by atoms with Gasteiger partial charge in [0, 0.05) is 19.3 Å². The van der Waals surface area contributed by atoms with Crippen LogP contribution in [-0.2, 0) is 16.4 Å². The Morgan fingerprint density at radius 2 is 1.84 bits per heavy atom. The average Bonchev–Trinajstić information content (AvgIpc) is 2.92. The van der Waals surface area contributed by atoms with Crippen LogP contribution in [0.15, 0.2) is 35.2 Å². The fourth-order valence-corrected chi connectivity index (χ4v) is 4.25. The molecule has 2 aromatic rings. The first-order chi connectivity index (χ1) is 11.9. The molecule has 8 heteroatoms. The number of hydrogen-bond donors (Lipinski definition) is 2. The van der Waals surface area contributed by atoms with Crippen LogP contribution >= 0.6 is 0 Å². The number of hydrogen-bond acceptors (Lipinski definition) is 6. The number of aromatic nitrogens is 2. The third kappa shape index (κ3) is 3.80. The number of nitrogen functional groups attached to an aromatic ring is 1. The van der Waals surface area contributed by atoms with Gasteiger partial charge in [0.1, 0.15) is 5.82 Å². The predicted octanol–water partition coefficient (Wildman–Crippen LogP) is 1.09. The zero-order valence-electron chi connectivity index (χ0n) is 14.4. The van der Waals surface area contributed by atoms with Crippen LogP contribution in [0.25, 0.3) is 0 Å². The lowest BCUT2D eigenvalue weighted by molar-refractivity contribution is 0.411. The van der Waals surface area contributed by atoms with E-state index >= 15 is 0 Å². The summed E-state index contributed by atoms with van der Waals surface area (Å²) in [6.07, 6.45) is 3.06. The predicted molar refractivity (Wildman–Crippen MR) is 99.3 cm³/mol. The second kappa shape index (κ2) is 7.05. The molecule has 1 aromatic heterocycles. The highest BCUT2D eigenvalue weighted by Crippen LogP contribution is 2.33. The minimum absolute atomic E-state index is 0.134. The van der Waals surface area contributed by atoms with Crippen LogP contribution in [0.5, 0.6) is 0 Å². The zero-order chi connectivity index (χ0) is 18.0. The fraction of sp³-hybridized carbons (Fsp3) is 0.471. The molecule has 136 valence electrons. The molecule has 1 fully saturated rings. The quantitative estimate of drug-likeness (QED) is 0.823. The van der Waals surface area contributed by atoms with E-state index in [1.165, 1.54) is 6.26 Å². The fourth-order valence-electron chi connectivity index (χ4n) is 3.27. The van der Waals surface area contributed by atoms with Crippen molar-refractivity contribution >= 4 is 21.5 Å². The standard InChI is InChI=1S/C17H25N5O2S/c1-25(23,24)15-16(19)22(12-14-5-3-2-4-6-14)20-17(15)21-9-7-13(11-18)8-10-21/h2-6,13H,7-12,18-19H2,1H3. The minimum atomic E-state index is -3.48. The van der Waals surface area contributed by atoms with Crippen LogP contribution in [0.1, 0.15) is 18.4 Å². The van der Waals surface area contributed by atoms with Crippen molar-refractivity contribution in [3.05, 3.63) is 35.9 Å². The lowest BCUT2D eigenvalue weighted by Gasteiger charge is -2.31. The Hall–Kier alpha value is -2.06. The highest BCUT2D eigenvalue weighted by atomic mass is 32.2. The normalized spacial score (nSPS) is 16.3. The molecule has 0 amide bonds. The van der Waals surface area contributed by atoms with E-state index in [0.29, 0.717) is 24.8 Å². The Balaban J connectivity index is 1.96. The Labute approximate surface area is 148 Å². The first kappa shape index (κ1) is 17.8. The van der Waals surface area contributed by atoms with E-state index < -0.39 is 9.84 Å². The van der Waals surface area contributed by atoms with Gasteiger partial charge in [0.25, 0.3) is 0 Å². The van der Waals surface area contributed by atoms with Gasteiger partial charge in [-0.2, -0.15) is 5.10 Å². The number of nitrogens with two attached hydrogens (primary N) is 2. The van der Waals surface area contributed by atoms with E-state index in [9.17, 15) is 8.42 Å². The third-order valence-electron chi connectivity index (χ3n) is 4.72. The molecule has 1 aromatic carbocycles. The Morgan fingerprint density at radius 3 is 2.40 bits per heavy atom. The molecule has 1 aliphatic heterocycles. The zero-order valence-corrected chi connectivity index (χ0v) is 15.2. The van der Waals surface area contributed by atoms with E-state index in [2.05, 4.69) is 5.10 Å². The largest absolute Gasteiger partial charge is 0.383 e. The Kier molecular flexibility index (Phi) is 5.01. The Morgan fingerprint density at radius 1 is 1.20 bits per heavy atom. The summed E-state index contributed by atoms with van der Waals surface area (Å²) >= 11 is 0. The molecule has 0 atom stereocenters. The van der Waals surface area contributed by atoms with Gasteiger partial charge in [0.15, 0.2) is 20.6 Å². The van der Waals surface area contributed by atoms with Gasteiger partial charge in [-0.3, -0.25) is 0 Å². The van der Waals surface area contributed by atoms with E-state index in [4.69, 9.17) is 11.5 Å². The van der Waals surface area contributed by atoms with Crippen LogP contribution in [0, 0.1) is 5.92 Å². The van der Waals surface area contributed by atoms with Crippen molar-refractivity contribution in [2.75, 3.05) is 36.5 Å². The van der Waals surface area contributed by atoms with Crippen LogP contribution in [0.4, 0.5) is 11.6 Å². The summed E-state index contributed by atoms with van der Waals surface area (Å²) in [5, 5.41) is 4.55. The van der Waals surface area contributed by atoms with Crippen molar-refractivity contribution in [3.63, 3.8) is 0 Å². The van der Waals surface area contributed by atoms with Crippen molar-refractivity contribution in [1.82, 2.24) is 9.78 Å². The summed E-state index contributed by atoms with van der Waals surface area (Å²) in [7, 11) is -3.48. The van der Waals surface area contributed by atoms with Gasteiger partial charge in [-0.25, -0.2) is 13.1 Å². The first-order valence-corrected chi connectivity index (χ1v) is 10.3. The lowest BCUT2D eigenvalue weighted by atomic mass is 9.97. The summed E-state index contributed by atoms with van der Waals surface area (Å²) in [5.41, 5.74) is 12.9. The van der Waals surface area contributed by atoms with Gasteiger partial charge in [0.2, 0.25) is 0 Å². The third-order valence-corrected chi connectivity index (χ3v) is 5.86. The lowest BCUT2D eigenvalue weighted by Crippen LogP contribution is -2.37. The monoisotopic (exact) mass is 363 g/mol. The molecule has 0 unspecified atom stereocenters. The van der Waals surface area contributed by atoms with Crippen molar-refractivity contribution in [2.45, 2.75) is 24.3 Å². The summed E-state index contributed by atoms with van der Waals surface area (Å²) in [5.74, 6) is 1.15. The second-order valence-electron chi connectivity index (χ2n) is 6.62.